The lowest BCUT2D eigenvalue weighted by atomic mass is 9.96. The van der Waals surface area contributed by atoms with Crippen LogP contribution >= 0.6 is 0 Å². The zero-order valence-corrected chi connectivity index (χ0v) is 74.3. The highest BCUT2D eigenvalue weighted by Gasteiger charge is 2.54. The fraction of sp³-hybridized carbons (Fsp3) is 0.990. The lowest BCUT2D eigenvalue weighted by Crippen LogP contribution is -2.66. The van der Waals surface area contributed by atoms with Crippen molar-refractivity contribution in [1.29, 1.82) is 0 Å². The SMILES string of the molecule is CCCCCCCCCCCCCCCCCCCCCCCCCCCCCCCCCCCCCCCCC(=O)NC(COC1OC(CO)C(OC2OC(CO)C(OC3OC(CO)C(O)C(O)C3O)C(O)C2O)C(O)C1O)C(O)CCCCCCCCCCCCCCCCCCCCCCCCCCCCCCCCCC. The molecule has 3 fully saturated rings. The highest BCUT2D eigenvalue weighted by molar-refractivity contribution is 5.76. The molecule has 0 radical (unpaired) electrons. The first-order chi connectivity index (χ1) is 56.3. The van der Waals surface area contributed by atoms with Gasteiger partial charge in [-0.3, -0.25) is 4.79 Å². The van der Waals surface area contributed by atoms with Crippen LogP contribution in [-0.4, -0.2) is 193 Å². The van der Waals surface area contributed by atoms with Crippen LogP contribution in [0.25, 0.3) is 0 Å². The minimum atomic E-state index is -1.97. The van der Waals surface area contributed by atoms with Crippen LogP contribution in [0.4, 0.5) is 0 Å². The number of hydrogen-bond acceptors (Lipinski definition) is 18. The van der Waals surface area contributed by atoms with E-state index in [0.29, 0.717) is 12.8 Å². The van der Waals surface area contributed by atoms with E-state index < -0.39 is 124 Å². The second kappa shape index (κ2) is 76.4. The Kier molecular flexibility index (Phi) is 71.8. The molecule has 17 atom stereocenters. The molecule has 0 aromatic heterocycles. The summed E-state index contributed by atoms with van der Waals surface area (Å²) in [5, 5.41) is 122. The summed E-state index contributed by atoms with van der Waals surface area (Å²) in [7, 11) is 0. The molecule has 684 valence electrons. The smallest absolute Gasteiger partial charge is 0.220 e. The molecule has 0 aromatic rings. The van der Waals surface area contributed by atoms with Crippen molar-refractivity contribution >= 4 is 5.91 Å². The Labute approximate surface area is 704 Å². The molecular weight excluding hydrogens is 1460 g/mol. The third-order valence-corrected chi connectivity index (χ3v) is 25.4. The van der Waals surface area contributed by atoms with E-state index in [1.165, 1.54) is 398 Å². The predicted octanol–water partition coefficient (Wildman–Crippen LogP) is 20.4. The van der Waals surface area contributed by atoms with Crippen molar-refractivity contribution in [2.24, 2.45) is 0 Å². The molecule has 0 saturated carbocycles. The van der Waals surface area contributed by atoms with Crippen LogP contribution in [0.2, 0.25) is 0 Å². The van der Waals surface area contributed by atoms with Gasteiger partial charge in [0.1, 0.15) is 73.2 Å². The number of carbonyl (C=O) groups excluding carboxylic acids is 1. The highest BCUT2D eigenvalue weighted by atomic mass is 16.8. The zero-order chi connectivity index (χ0) is 83.1. The Morgan fingerprint density at radius 3 is 0.757 bits per heavy atom. The molecule has 3 rings (SSSR count). The maximum Gasteiger partial charge on any atom is 0.220 e. The van der Waals surface area contributed by atoms with Crippen molar-refractivity contribution in [2.45, 2.75) is 580 Å². The Hall–Kier alpha value is -1.21. The number of nitrogens with one attached hydrogen (secondary N) is 1. The molecule has 19 heteroatoms. The van der Waals surface area contributed by atoms with Crippen LogP contribution in [0.5, 0.6) is 0 Å². The largest absolute Gasteiger partial charge is 0.394 e. The zero-order valence-electron chi connectivity index (χ0n) is 74.3. The number of aliphatic hydroxyl groups is 11. The molecule has 12 N–H and O–H groups in total. The van der Waals surface area contributed by atoms with Crippen LogP contribution in [0.3, 0.4) is 0 Å². The first-order valence-electron chi connectivity index (χ1n) is 49.8. The quantitative estimate of drug-likeness (QED) is 0.0252. The van der Waals surface area contributed by atoms with Crippen LogP contribution in [-0.2, 0) is 33.2 Å². The highest BCUT2D eigenvalue weighted by Crippen LogP contribution is 2.34. The van der Waals surface area contributed by atoms with Gasteiger partial charge in [0, 0.05) is 6.42 Å². The van der Waals surface area contributed by atoms with Gasteiger partial charge in [0.2, 0.25) is 5.91 Å². The first-order valence-corrected chi connectivity index (χ1v) is 49.8. The van der Waals surface area contributed by atoms with Gasteiger partial charge in [-0.05, 0) is 12.8 Å². The predicted molar refractivity (Wildman–Crippen MR) is 467 cm³/mol. The van der Waals surface area contributed by atoms with E-state index in [9.17, 15) is 61.0 Å². The van der Waals surface area contributed by atoms with Gasteiger partial charge >= 0.3 is 0 Å². The second-order valence-electron chi connectivity index (χ2n) is 36.0. The number of unbranched alkanes of at least 4 members (excludes halogenated alkanes) is 68. The molecule has 0 bridgehead atoms. The fourth-order valence-electron chi connectivity index (χ4n) is 17.6. The number of ether oxygens (including phenoxy) is 6. The summed E-state index contributed by atoms with van der Waals surface area (Å²) in [6.07, 6.45) is 68.2. The Bertz CT molecular complexity index is 2070. The number of hydrogen-bond donors (Lipinski definition) is 12. The summed E-state index contributed by atoms with van der Waals surface area (Å²) in [5.74, 6) is -0.229. The van der Waals surface area contributed by atoms with E-state index in [1.807, 2.05) is 0 Å². The minimum absolute atomic E-state index is 0.229. The summed E-state index contributed by atoms with van der Waals surface area (Å²) >= 11 is 0. The van der Waals surface area contributed by atoms with E-state index in [4.69, 9.17) is 28.4 Å². The number of carbonyl (C=O) groups is 1. The van der Waals surface area contributed by atoms with Crippen LogP contribution in [0.1, 0.15) is 476 Å². The molecule has 19 nitrogen and oxygen atoms in total. The normalized spacial score (nSPS) is 24.5. The van der Waals surface area contributed by atoms with Crippen molar-refractivity contribution in [1.82, 2.24) is 5.32 Å². The molecule has 3 saturated heterocycles. The number of rotatable bonds is 84. The van der Waals surface area contributed by atoms with Crippen LogP contribution in [0, 0.1) is 0 Å². The lowest BCUT2D eigenvalue weighted by molar-refractivity contribution is -0.379. The molecule has 0 aliphatic carbocycles. The average molecular weight is 1640 g/mol. The van der Waals surface area contributed by atoms with E-state index >= 15 is 0 Å². The van der Waals surface area contributed by atoms with Gasteiger partial charge in [0.15, 0.2) is 18.9 Å². The van der Waals surface area contributed by atoms with Gasteiger partial charge in [-0.2, -0.15) is 0 Å². The third kappa shape index (κ3) is 54.2. The van der Waals surface area contributed by atoms with Crippen molar-refractivity contribution in [3.8, 4) is 0 Å². The summed E-state index contributed by atoms with van der Waals surface area (Å²) < 4.78 is 34.7. The summed E-state index contributed by atoms with van der Waals surface area (Å²) in [5.41, 5.74) is 0. The Balaban J connectivity index is 1.27. The molecular formula is C96H187NO18. The third-order valence-electron chi connectivity index (χ3n) is 25.4. The lowest BCUT2D eigenvalue weighted by Gasteiger charge is -2.48. The molecule has 3 heterocycles. The number of aliphatic hydroxyl groups excluding tert-OH is 11. The average Bonchev–Trinajstić information content (AvgIpc) is 0.779. The molecule has 115 heavy (non-hydrogen) atoms. The fourth-order valence-corrected chi connectivity index (χ4v) is 17.6. The first kappa shape index (κ1) is 108. The van der Waals surface area contributed by atoms with Gasteiger partial charge in [-0.1, -0.05) is 457 Å². The molecule has 3 aliphatic rings. The van der Waals surface area contributed by atoms with Gasteiger partial charge in [-0.15, -0.1) is 0 Å². The van der Waals surface area contributed by atoms with Crippen molar-refractivity contribution in [3.63, 3.8) is 0 Å². The Morgan fingerprint density at radius 2 is 0.496 bits per heavy atom. The van der Waals surface area contributed by atoms with Gasteiger partial charge in [0.05, 0.1) is 38.6 Å². The van der Waals surface area contributed by atoms with Crippen molar-refractivity contribution in [2.75, 3.05) is 26.4 Å². The second-order valence-corrected chi connectivity index (χ2v) is 36.0. The van der Waals surface area contributed by atoms with Crippen LogP contribution in [0.15, 0.2) is 0 Å². The van der Waals surface area contributed by atoms with Crippen molar-refractivity contribution < 1.29 is 89.4 Å². The summed E-state index contributed by atoms with van der Waals surface area (Å²) in [6, 6.07) is -0.885. The maximum atomic E-state index is 13.6. The van der Waals surface area contributed by atoms with Crippen molar-refractivity contribution in [3.05, 3.63) is 0 Å². The van der Waals surface area contributed by atoms with E-state index in [2.05, 4.69) is 19.2 Å². The molecule has 0 aromatic carbocycles. The molecule has 3 aliphatic heterocycles. The topological polar surface area (TPSA) is 307 Å². The van der Waals surface area contributed by atoms with Gasteiger partial charge in [0.25, 0.3) is 0 Å². The van der Waals surface area contributed by atoms with E-state index in [1.54, 1.807) is 0 Å². The summed E-state index contributed by atoms with van der Waals surface area (Å²) in [4.78, 5) is 13.6. The summed E-state index contributed by atoms with van der Waals surface area (Å²) in [6.45, 7) is 1.90. The molecule has 1 amide bonds. The van der Waals surface area contributed by atoms with Crippen LogP contribution < -0.4 is 5.32 Å². The minimum Gasteiger partial charge on any atom is -0.394 e. The van der Waals surface area contributed by atoms with E-state index in [0.717, 1.165) is 44.9 Å². The number of amides is 1. The van der Waals surface area contributed by atoms with Gasteiger partial charge < -0.3 is 89.9 Å². The Morgan fingerprint density at radius 1 is 0.278 bits per heavy atom. The molecule has 0 spiro atoms. The maximum absolute atomic E-state index is 13.6. The monoisotopic (exact) mass is 1640 g/mol. The standard InChI is InChI=1S/C96H187NO18/c1-3-5-7-9-11-13-15-17-19-21-23-25-27-29-31-33-35-37-38-39-40-41-42-44-46-48-50-52-54-56-58-60-62-64-66-68-70-72-74-84(102)97-79(80(101)73-71-69-67-65-63-61-59-57-55-53-51-49-47-45-43-36-34-32-30-28-26-24-22-20-18-16-14-12-10-8-6-4-2)78-110-94-90(108)87(105)92(82(76-99)112-94)115-96-91(109)88(106)93(83(77-100)113-96)114-95-89(107)86(104)85(103)81(75-98)111-95/h79-83,85-96,98-101,103-109H,3-78H2,1-2H3,(H,97,102). The van der Waals surface area contributed by atoms with E-state index in [-0.39, 0.29) is 18.9 Å². The van der Waals surface area contributed by atoms with Gasteiger partial charge in [-0.25, -0.2) is 0 Å². The molecule has 17 unspecified atom stereocenters.